The maximum atomic E-state index is 14.4. The predicted octanol–water partition coefficient (Wildman–Crippen LogP) is 3.78. The minimum absolute atomic E-state index is 0.00523. The molecule has 3 rings (SSSR count). The van der Waals surface area contributed by atoms with Crippen molar-refractivity contribution in [3.63, 3.8) is 0 Å². The highest BCUT2D eigenvalue weighted by Crippen LogP contribution is 2.38. The van der Waals surface area contributed by atoms with E-state index in [0.29, 0.717) is 4.90 Å². The number of rotatable bonds is 4. The number of esters is 1. The molecule has 0 fully saturated rings. The summed E-state index contributed by atoms with van der Waals surface area (Å²) < 4.78 is 48.0. The normalized spacial score (nSPS) is 11.0. The molecular weight excluding hydrogens is 341 g/mol. The largest absolute Gasteiger partial charge is 0.468 e. The van der Waals surface area contributed by atoms with E-state index < -0.39 is 23.4 Å². The van der Waals surface area contributed by atoms with Crippen LogP contribution < -0.4 is 0 Å². The van der Waals surface area contributed by atoms with Gasteiger partial charge in [0.2, 0.25) is 0 Å². The molecule has 0 aliphatic rings. The number of imidazole rings is 1. The van der Waals surface area contributed by atoms with Crippen molar-refractivity contribution in [3.05, 3.63) is 54.1 Å². The second kappa shape index (κ2) is 6.56. The van der Waals surface area contributed by atoms with Gasteiger partial charge < -0.3 is 9.30 Å². The zero-order valence-corrected chi connectivity index (χ0v) is 13.2. The zero-order valence-electron chi connectivity index (χ0n) is 12.4. The van der Waals surface area contributed by atoms with Crippen LogP contribution in [0.4, 0.5) is 13.2 Å². The Morgan fingerprint density at radius 2 is 1.88 bits per heavy atom. The Kier molecular flexibility index (Phi) is 4.48. The molecule has 0 spiro atoms. The molecule has 0 amide bonds. The third kappa shape index (κ3) is 2.84. The van der Waals surface area contributed by atoms with E-state index in [2.05, 4.69) is 9.72 Å². The van der Waals surface area contributed by atoms with Crippen LogP contribution in [0.1, 0.15) is 0 Å². The van der Waals surface area contributed by atoms with Crippen molar-refractivity contribution in [1.29, 1.82) is 0 Å². The van der Waals surface area contributed by atoms with Crippen molar-refractivity contribution in [2.75, 3.05) is 7.11 Å². The third-order valence-electron chi connectivity index (χ3n) is 3.34. The molecule has 1 heterocycles. The Hall–Kier alpha value is -2.48. The first-order valence-electron chi connectivity index (χ1n) is 6.84. The predicted molar refractivity (Wildman–Crippen MR) is 82.2 cm³/mol. The summed E-state index contributed by atoms with van der Waals surface area (Å²) in [6.45, 7) is -0.292. The topological polar surface area (TPSA) is 44.1 Å². The lowest BCUT2D eigenvalue weighted by Gasteiger charge is -2.10. The van der Waals surface area contributed by atoms with Crippen LogP contribution >= 0.6 is 11.8 Å². The fourth-order valence-corrected chi connectivity index (χ4v) is 3.23. The molecule has 0 unspecified atom stereocenters. The molecule has 24 heavy (non-hydrogen) atoms. The second-order valence-electron chi connectivity index (χ2n) is 4.83. The molecule has 8 heteroatoms. The highest BCUT2D eigenvalue weighted by Gasteiger charge is 2.25. The van der Waals surface area contributed by atoms with Gasteiger partial charge in [0.05, 0.1) is 23.8 Å². The van der Waals surface area contributed by atoms with Gasteiger partial charge in [-0.05, 0) is 12.1 Å². The van der Waals surface area contributed by atoms with Crippen LogP contribution in [0.15, 0.2) is 46.5 Å². The number of benzene rings is 2. The minimum Gasteiger partial charge on any atom is -0.468 e. The summed E-state index contributed by atoms with van der Waals surface area (Å²) in [6, 6.07) is 8.67. The average molecular weight is 352 g/mol. The quantitative estimate of drug-likeness (QED) is 0.530. The van der Waals surface area contributed by atoms with E-state index in [1.54, 1.807) is 30.3 Å². The first kappa shape index (κ1) is 16.4. The van der Waals surface area contributed by atoms with Gasteiger partial charge in [-0.15, -0.1) is 0 Å². The van der Waals surface area contributed by atoms with Crippen molar-refractivity contribution in [1.82, 2.24) is 9.55 Å². The molecule has 0 N–H and O–H groups in total. The summed E-state index contributed by atoms with van der Waals surface area (Å²) in [6.07, 6.45) is 1.15. The number of carbonyl (C=O) groups excluding carboxylic acids is 1. The van der Waals surface area contributed by atoms with Gasteiger partial charge in [-0.2, -0.15) is 0 Å². The van der Waals surface area contributed by atoms with Gasteiger partial charge in [-0.3, -0.25) is 4.79 Å². The number of methoxy groups -OCH3 is 1. The molecule has 0 saturated carbocycles. The Morgan fingerprint density at radius 1 is 1.17 bits per heavy atom. The first-order chi connectivity index (χ1) is 11.5. The molecule has 0 bridgehead atoms. The summed E-state index contributed by atoms with van der Waals surface area (Å²) >= 11 is 0.925. The number of hydrogen-bond donors (Lipinski definition) is 0. The standard InChI is InChI=1S/C16H11F3N2O2S/c1-23-10(22)7-21-8-20-14-12(18)11(17)13(19)16(15(14)21)24-9-5-3-2-4-6-9/h2-6,8H,7H2,1H3. The first-order valence-corrected chi connectivity index (χ1v) is 7.65. The molecule has 0 radical (unpaired) electrons. The van der Waals surface area contributed by atoms with Crippen LogP contribution in [-0.2, 0) is 16.1 Å². The summed E-state index contributed by atoms with van der Waals surface area (Å²) in [5.41, 5.74) is -0.332. The van der Waals surface area contributed by atoms with E-state index in [1.807, 2.05) is 0 Å². The van der Waals surface area contributed by atoms with Crippen LogP contribution in [0.2, 0.25) is 0 Å². The number of hydrogen-bond acceptors (Lipinski definition) is 4. The number of ether oxygens (including phenoxy) is 1. The van der Waals surface area contributed by atoms with Gasteiger partial charge in [0.15, 0.2) is 17.5 Å². The molecule has 3 aromatic rings. The van der Waals surface area contributed by atoms with Gasteiger partial charge in [0.25, 0.3) is 0 Å². The second-order valence-corrected chi connectivity index (χ2v) is 5.92. The average Bonchev–Trinajstić information content (AvgIpc) is 3.01. The van der Waals surface area contributed by atoms with Gasteiger partial charge in [0, 0.05) is 4.90 Å². The number of aromatic nitrogens is 2. The number of fused-ring (bicyclic) bond motifs is 1. The van der Waals surface area contributed by atoms with Gasteiger partial charge >= 0.3 is 5.97 Å². The number of halogens is 3. The molecule has 1 aromatic heterocycles. The lowest BCUT2D eigenvalue weighted by atomic mass is 10.2. The molecule has 2 aromatic carbocycles. The maximum Gasteiger partial charge on any atom is 0.325 e. The van der Waals surface area contributed by atoms with Crippen LogP contribution in [0.25, 0.3) is 11.0 Å². The molecule has 0 aliphatic carbocycles. The van der Waals surface area contributed by atoms with Crippen molar-refractivity contribution < 1.29 is 22.7 Å². The summed E-state index contributed by atoms with van der Waals surface area (Å²) in [7, 11) is 1.20. The SMILES string of the molecule is COC(=O)Cn1cnc2c(F)c(F)c(F)c(Sc3ccccc3)c21. The van der Waals surface area contributed by atoms with E-state index in [9.17, 15) is 18.0 Å². The van der Waals surface area contributed by atoms with E-state index in [0.717, 1.165) is 18.1 Å². The lowest BCUT2D eigenvalue weighted by Crippen LogP contribution is -2.11. The molecule has 0 aliphatic heterocycles. The fraction of sp³-hybridized carbons (Fsp3) is 0.125. The molecule has 124 valence electrons. The zero-order chi connectivity index (χ0) is 17.3. The third-order valence-corrected chi connectivity index (χ3v) is 4.42. The summed E-state index contributed by atoms with van der Waals surface area (Å²) in [4.78, 5) is 15.8. The van der Waals surface area contributed by atoms with E-state index in [1.165, 1.54) is 11.7 Å². The monoisotopic (exact) mass is 352 g/mol. The van der Waals surface area contributed by atoms with Crippen molar-refractivity contribution >= 4 is 28.8 Å². The molecule has 0 atom stereocenters. The maximum absolute atomic E-state index is 14.4. The number of carbonyl (C=O) groups is 1. The van der Waals surface area contributed by atoms with Crippen LogP contribution in [0.3, 0.4) is 0 Å². The van der Waals surface area contributed by atoms with Gasteiger partial charge in [0.1, 0.15) is 12.1 Å². The smallest absolute Gasteiger partial charge is 0.325 e. The van der Waals surface area contributed by atoms with Gasteiger partial charge in [-0.25, -0.2) is 18.2 Å². The van der Waals surface area contributed by atoms with Crippen molar-refractivity contribution in [2.45, 2.75) is 16.3 Å². The van der Waals surface area contributed by atoms with Crippen molar-refractivity contribution in [3.8, 4) is 0 Å². The highest BCUT2D eigenvalue weighted by molar-refractivity contribution is 7.99. The van der Waals surface area contributed by atoms with Crippen molar-refractivity contribution in [2.24, 2.45) is 0 Å². The Labute approximate surface area is 139 Å². The lowest BCUT2D eigenvalue weighted by molar-refractivity contribution is -0.141. The Morgan fingerprint density at radius 3 is 2.54 bits per heavy atom. The fourth-order valence-electron chi connectivity index (χ4n) is 2.21. The molecular formula is C16H11F3N2O2S. The van der Waals surface area contributed by atoms with Crippen LogP contribution in [0.5, 0.6) is 0 Å². The van der Waals surface area contributed by atoms with E-state index >= 15 is 0 Å². The molecule has 4 nitrogen and oxygen atoms in total. The minimum atomic E-state index is -1.59. The van der Waals surface area contributed by atoms with Gasteiger partial charge in [-0.1, -0.05) is 30.0 Å². The summed E-state index contributed by atoms with van der Waals surface area (Å²) in [5.74, 6) is -4.91. The molecule has 0 saturated heterocycles. The Balaban J connectivity index is 2.21. The number of nitrogens with zero attached hydrogens (tertiary/aromatic N) is 2. The summed E-state index contributed by atoms with van der Waals surface area (Å²) in [5, 5.41) is 0. The Bertz CT molecular complexity index is 913. The van der Waals surface area contributed by atoms with E-state index in [4.69, 9.17) is 0 Å². The van der Waals surface area contributed by atoms with Crippen LogP contribution in [0, 0.1) is 17.5 Å². The van der Waals surface area contributed by atoms with Crippen LogP contribution in [-0.4, -0.2) is 22.6 Å². The van der Waals surface area contributed by atoms with E-state index in [-0.39, 0.29) is 22.5 Å². The highest BCUT2D eigenvalue weighted by atomic mass is 32.2.